The van der Waals surface area contributed by atoms with E-state index < -0.39 is 0 Å². The number of carbonyl (C=O) groups excluding carboxylic acids is 1. The van der Waals surface area contributed by atoms with Crippen molar-refractivity contribution >= 4 is 6.03 Å². The SMILES string of the molecule is CCOCCCCNC(=O)N[C@@H](C)CO. The number of rotatable bonds is 8. The maximum atomic E-state index is 11.1. The van der Waals surface area contributed by atoms with Gasteiger partial charge in [-0.15, -0.1) is 0 Å². The lowest BCUT2D eigenvalue weighted by atomic mass is 10.3. The van der Waals surface area contributed by atoms with Crippen LogP contribution in [0.4, 0.5) is 4.79 Å². The van der Waals surface area contributed by atoms with Crippen molar-refractivity contribution in [3.63, 3.8) is 0 Å². The predicted molar refractivity (Wildman–Crippen MR) is 58.8 cm³/mol. The van der Waals surface area contributed by atoms with Crippen LogP contribution in [-0.4, -0.2) is 43.5 Å². The van der Waals surface area contributed by atoms with Crippen molar-refractivity contribution in [2.75, 3.05) is 26.4 Å². The van der Waals surface area contributed by atoms with Crippen LogP contribution in [0.15, 0.2) is 0 Å². The van der Waals surface area contributed by atoms with Crippen LogP contribution < -0.4 is 10.6 Å². The smallest absolute Gasteiger partial charge is 0.315 e. The number of unbranched alkanes of at least 4 members (excludes halogenated alkanes) is 1. The molecule has 3 N–H and O–H groups in total. The molecule has 0 saturated heterocycles. The van der Waals surface area contributed by atoms with Gasteiger partial charge in [-0.25, -0.2) is 4.79 Å². The minimum atomic E-state index is -0.229. The topological polar surface area (TPSA) is 70.6 Å². The maximum Gasteiger partial charge on any atom is 0.315 e. The van der Waals surface area contributed by atoms with Crippen LogP contribution in [0.5, 0.6) is 0 Å². The molecule has 0 rings (SSSR count). The molecule has 0 aromatic carbocycles. The van der Waals surface area contributed by atoms with Gasteiger partial charge in [-0.1, -0.05) is 0 Å². The Morgan fingerprint density at radius 1 is 1.47 bits per heavy atom. The highest BCUT2D eigenvalue weighted by molar-refractivity contribution is 5.74. The molecule has 5 nitrogen and oxygen atoms in total. The third kappa shape index (κ3) is 9.49. The van der Waals surface area contributed by atoms with Crippen molar-refractivity contribution in [2.45, 2.75) is 32.7 Å². The monoisotopic (exact) mass is 218 g/mol. The van der Waals surface area contributed by atoms with Gasteiger partial charge < -0.3 is 20.5 Å². The Balaban J connectivity index is 3.24. The Morgan fingerprint density at radius 2 is 2.20 bits per heavy atom. The molecule has 0 unspecified atom stereocenters. The number of amides is 2. The third-order valence-corrected chi connectivity index (χ3v) is 1.86. The summed E-state index contributed by atoms with van der Waals surface area (Å²) >= 11 is 0. The maximum absolute atomic E-state index is 11.1. The molecule has 2 amide bonds. The van der Waals surface area contributed by atoms with E-state index in [1.54, 1.807) is 6.92 Å². The standard InChI is InChI=1S/C10H22N2O3/c1-3-15-7-5-4-6-11-10(14)12-9(2)8-13/h9,13H,3-8H2,1-2H3,(H2,11,12,14)/t9-/m0/s1. The van der Waals surface area contributed by atoms with Gasteiger partial charge in [-0.2, -0.15) is 0 Å². The van der Waals surface area contributed by atoms with Crippen LogP contribution >= 0.6 is 0 Å². The second-order valence-electron chi connectivity index (χ2n) is 3.39. The van der Waals surface area contributed by atoms with Gasteiger partial charge in [0.15, 0.2) is 0 Å². The van der Waals surface area contributed by atoms with Crippen molar-refractivity contribution in [1.82, 2.24) is 10.6 Å². The number of hydrogen-bond donors (Lipinski definition) is 3. The number of nitrogens with one attached hydrogen (secondary N) is 2. The average molecular weight is 218 g/mol. The second kappa shape index (κ2) is 9.73. The summed E-state index contributed by atoms with van der Waals surface area (Å²) in [7, 11) is 0. The largest absolute Gasteiger partial charge is 0.394 e. The van der Waals surface area contributed by atoms with Crippen LogP contribution in [0.2, 0.25) is 0 Å². The number of ether oxygens (including phenoxy) is 1. The highest BCUT2D eigenvalue weighted by Crippen LogP contribution is 1.88. The molecule has 0 saturated carbocycles. The van der Waals surface area contributed by atoms with Crippen molar-refractivity contribution in [3.8, 4) is 0 Å². The Morgan fingerprint density at radius 3 is 2.80 bits per heavy atom. The summed E-state index contributed by atoms with van der Waals surface area (Å²) in [4.78, 5) is 11.1. The Bertz CT molecular complexity index is 165. The molecule has 0 aromatic heterocycles. The molecule has 0 bridgehead atoms. The fourth-order valence-electron chi connectivity index (χ4n) is 0.996. The van der Waals surface area contributed by atoms with Crippen LogP contribution in [0.25, 0.3) is 0 Å². The van der Waals surface area contributed by atoms with Crippen LogP contribution in [-0.2, 0) is 4.74 Å². The molecule has 0 aromatic rings. The molecular formula is C10H22N2O3. The summed E-state index contributed by atoms with van der Waals surface area (Å²) < 4.78 is 5.16. The minimum Gasteiger partial charge on any atom is -0.394 e. The molecule has 0 aliphatic heterocycles. The zero-order valence-electron chi connectivity index (χ0n) is 9.58. The van der Waals surface area contributed by atoms with Gasteiger partial charge in [0.1, 0.15) is 0 Å². The predicted octanol–water partition coefficient (Wildman–Crippen LogP) is 0.483. The van der Waals surface area contributed by atoms with Gasteiger partial charge in [0.05, 0.1) is 12.6 Å². The van der Waals surface area contributed by atoms with Gasteiger partial charge in [0.2, 0.25) is 0 Å². The summed E-state index contributed by atoms with van der Waals surface area (Å²) in [5.41, 5.74) is 0. The zero-order chi connectivity index (χ0) is 11.5. The Kier molecular flexibility index (Phi) is 9.21. The van der Waals surface area contributed by atoms with E-state index in [0.717, 1.165) is 26.1 Å². The molecule has 0 heterocycles. The summed E-state index contributed by atoms with van der Waals surface area (Å²) in [6.07, 6.45) is 1.85. The first-order valence-corrected chi connectivity index (χ1v) is 5.43. The molecule has 0 fully saturated rings. The van der Waals surface area contributed by atoms with E-state index >= 15 is 0 Å². The molecule has 0 spiro atoms. The third-order valence-electron chi connectivity index (χ3n) is 1.86. The van der Waals surface area contributed by atoms with Crippen LogP contribution in [0, 0.1) is 0 Å². The Hall–Kier alpha value is -0.810. The number of carbonyl (C=O) groups is 1. The van der Waals surface area contributed by atoms with E-state index in [0.29, 0.717) is 6.54 Å². The summed E-state index contributed by atoms with van der Waals surface area (Å²) in [6, 6.07) is -0.429. The summed E-state index contributed by atoms with van der Waals surface area (Å²) in [6.45, 7) is 5.78. The van der Waals surface area contributed by atoms with Crippen molar-refractivity contribution in [3.05, 3.63) is 0 Å². The van der Waals surface area contributed by atoms with Gasteiger partial charge in [0.25, 0.3) is 0 Å². The molecule has 90 valence electrons. The minimum absolute atomic E-state index is 0.0439. The van der Waals surface area contributed by atoms with Crippen molar-refractivity contribution < 1.29 is 14.6 Å². The first-order valence-electron chi connectivity index (χ1n) is 5.43. The number of aliphatic hydroxyl groups excluding tert-OH is 1. The van der Waals surface area contributed by atoms with Gasteiger partial charge in [-0.05, 0) is 26.7 Å². The van der Waals surface area contributed by atoms with E-state index in [9.17, 15) is 4.79 Å². The lowest BCUT2D eigenvalue weighted by molar-refractivity contribution is 0.143. The van der Waals surface area contributed by atoms with Crippen molar-refractivity contribution in [1.29, 1.82) is 0 Å². The quantitative estimate of drug-likeness (QED) is 0.519. The normalized spacial score (nSPS) is 12.2. The second-order valence-corrected chi connectivity index (χ2v) is 3.39. The number of hydrogen-bond acceptors (Lipinski definition) is 3. The van der Waals surface area contributed by atoms with Gasteiger partial charge in [-0.3, -0.25) is 0 Å². The summed E-state index contributed by atoms with van der Waals surface area (Å²) in [5, 5.41) is 14.0. The van der Waals surface area contributed by atoms with Gasteiger partial charge >= 0.3 is 6.03 Å². The Labute approximate surface area is 91.2 Å². The van der Waals surface area contributed by atoms with Gasteiger partial charge in [0, 0.05) is 19.8 Å². The first kappa shape index (κ1) is 14.2. The van der Waals surface area contributed by atoms with Crippen LogP contribution in [0.3, 0.4) is 0 Å². The fraction of sp³-hybridized carbons (Fsp3) is 0.900. The van der Waals surface area contributed by atoms with E-state index in [2.05, 4.69) is 10.6 Å². The number of aliphatic hydroxyl groups is 1. The zero-order valence-corrected chi connectivity index (χ0v) is 9.58. The molecule has 0 radical (unpaired) electrons. The molecular weight excluding hydrogens is 196 g/mol. The van der Waals surface area contributed by atoms with E-state index in [1.807, 2.05) is 6.92 Å². The molecule has 15 heavy (non-hydrogen) atoms. The van der Waals surface area contributed by atoms with E-state index in [1.165, 1.54) is 0 Å². The molecule has 0 aliphatic rings. The highest BCUT2D eigenvalue weighted by atomic mass is 16.5. The lowest BCUT2D eigenvalue weighted by Crippen LogP contribution is -2.42. The first-order chi connectivity index (χ1) is 7.20. The molecule has 1 atom stereocenters. The lowest BCUT2D eigenvalue weighted by Gasteiger charge is -2.11. The van der Waals surface area contributed by atoms with Crippen molar-refractivity contribution in [2.24, 2.45) is 0 Å². The number of urea groups is 1. The average Bonchev–Trinajstić information content (AvgIpc) is 2.23. The molecule has 0 aliphatic carbocycles. The fourth-order valence-corrected chi connectivity index (χ4v) is 0.996. The molecule has 5 heteroatoms. The summed E-state index contributed by atoms with van der Waals surface area (Å²) in [5.74, 6) is 0. The van der Waals surface area contributed by atoms with Crippen LogP contribution in [0.1, 0.15) is 26.7 Å². The van der Waals surface area contributed by atoms with E-state index in [4.69, 9.17) is 9.84 Å². The highest BCUT2D eigenvalue weighted by Gasteiger charge is 2.03. The van der Waals surface area contributed by atoms with E-state index in [-0.39, 0.29) is 18.7 Å².